The number of aromatic nitrogens is 4. The summed E-state index contributed by atoms with van der Waals surface area (Å²) in [5, 5.41) is 4.66. The lowest BCUT2D eigenvalue weighted by molar-refractivity contribution is -0.0918. The molecule has 0 radical (unpaired) electrons. The molecule has 2 unspecified atom stereocenters. The van der Waals surface area contributed by atoms with Gasteiger partial charge in [0.2, 0.25) is 0 Å². The quantitative estimate of drug-likeness (QED) is 0.888. The van der Waals surface area contributed by atoms with Gasteiger partial charge in [0.15, 0.2) is 5.65 Å². The highest BCUT2D eigenvalue weighted by atomic mass is 16.5. The fourth-order valence-electron chi connectivity index (χ4n) is 3.72. The van der Waals surface area contributed by atoms with Crippen LogP contribution in [0.25, 0.3) is 11.0 Å². The van der Waals surface area contributed by atoms with Crippen molar-refractivity contribution in [1.29, 1.82) is 0 Å². The first-order valence-corrected chi connectivity index (χ1v) is 7.99. The van der Waals surface area contributed by atoms with Crippen LogP contribution in [0.3, 0.4) is 0 Å². The van der Waals surface area contributed by atoms with Crippen LogP contribution in [0, 0.1) is 0 Å². The minimum atomic E-state index is -0.110. The van der Waals surface area contributed by atoms with Crippen molar-refractivity contribution in [3.63, 3.8) is 0 Å². The summed E-state index contributed by atoms with van der Waals surface area (Å²) in [6.45, 7) is 2.33. The van der Waals surface area contributed by atoms with Crippen LogP contribution in [0.15, 0.2) is 11.0 Å². The molecule has 1 N–H and O–H groups in total. The average molecular weight is 303 g/mol. The molecule has 1 aliphatic carbocycles. The molecule has 22 heavy (non-hydrogen) atoms. The van der Waals surface area contributed by atoms with Crippen LogP contribution < -0.4 is 5.56 Å². The summed E-state index contributed by atoms with van der Waals surface area (Å²) in [7, 11) is 1.81. The van der Waals surface area contributed by atoms with Crippen molar-refractivity contribution < 1.29 is 4.74 Å². The third-order valence-corrected chi connectivity index (χ3v) is 4.85. The Kier molecular flexibility index (Phi) is 3.46. The lowest BCUT2D eigenvalue weighted by Crippen LogP contribution is -2.52. The van der Waals surface area contributed by atoms with Crippen LogP contribution in [-0.4, -0.2) is 49.9 Å². The van der Waals surface area contributed by atoms with Gasteiger partial charge >= 0.3 is 0 Å². The van der Waals surface area contributed by atoms with E-state index in [4.69, 9.17) is 4.74 Å². The van der Waals surface area contributed by atoms with E-state index in [1.807, 2.05) is 7.05 Å². The van der Waals surface area contributed by atoms with Gasteiger partial charge in [0.05, 0.1) is 25.5 Å². The van der Waals surface area contributed by atoms with Crippen LogP contribution in [0.1, 0.15) is 31.5 Å². The Hall–Kier alpha value is -1.73. The Morgan fingerprint density at radius 2 is 2.27 bits per heavy atom. The molecule has 2 aromatic heterocycles. The van der Waals surface area contributed by atoms with Crippen LogP contribution in [-0.2, 0) is 18.3 Å². The number of fused-ring (bicyclic) bond motifs is 2. The number of hydrogen-bond acceptors (Lipinski definition) is 5. The molecule has 7 nitrogen and oxygen atoms in total. The first-order chi connectivity index (χ1) is 10.7. The topological polar surface area (TPSA) is 76.0 Å². The predicted molar refractivity (Wildman–Crippen MR) is 81.5 cm³/mol. The number of ether oxygens (including phenoxy) is 1. The summed E-state index contributed by atoms with van der Waals surface area (Å²) in [6.07, 6.45) is 6.73. The largest absolute Gasteiger partial charge is 0.375 e. The molecule has 0 aromatic carbocycles. The van der Waals surface area contributed by atoms with E-state index >= 15 is 0 Å². The number of rotatable bonds is 2. The van der Waals surface area contributed by atoms with Crippen LogP contribution >= 0.6 is 0 Å². The van der Waals surface area contributed by atoms with E-state index < -0.39 is 0 Å². The minimum absolute atomic E-state index is 0.110. The molecule has 3 heterocycles. The van der Waals surface area contributed by atoms with E-state index in [9.17, 15) is 4.79 Å². The molecule has 0 bridgehead atoms. The van der Waals surface area contributed by atoms with Gasteiger partial charge in [-0.3, -0.25) is 14.4 Å². The summed E-state index contributed by atoms with van der Waals surface area (Å²) >= 11 is 0. The minimum Gasteiger partial charge on any atom is -0.375 e. The second-order valence-electron chi connectivity index (χ2n) is 6.25. The Labute approximate surface area is 128 Å². The maximum atomic E-state index is 12.1. The van der Waals surface area contributed by atoms with Crippen molar-refractivity contribution in [3.8, 4) is 0 Å². The highest BCUT2D eigenvalue weighted by Gasteiger charge is 2.34. The third-order valence-electron chi connectivity index (χ3n) is 4.85. The van der Waals surface area contributed by atoms with Gasteiger partial charge in [-0.15, -0.1) is 0 Å². The summed E-state index contributed by atoms with van der Waals surface area (Å²) in [5.74, 6) is 0.715. The Balaban J connectivity index is 1.62. The molecule has 0 spiro atoms. The van der Waals surface area contributed by atoms with Crippen molar-refractivity contribution in [2.45, 2.75) is 44.4 Å². The van der Waals surface area contributed by atoms with Crippen LogP contribution in [0.2, 0.25) is 0 Å². The molecule has 2 aromatic rings. The number of aromatic amines is 1. The van der Waals surface area contributed by atoms with Gasteiger partial charge in [-0.05, 0) is 12.8 Å². The van der Waals surface area contributed by atoms with E-state index in [0.717, 1.165) is 19.6 Å². The van der Waals surface area contributed by atoms with Crippen molar-refractivity contribution in [3.05, 3.63) is 22.4 Å². The number of morpholine rings is 1. The third kappa shape index (κ3) is 2.34. The van der Waals surface area contributed by atoms with Gasteiger partial charge < -0.3 is 9.72 Å². The van der Waals surface area contributed by atoms with Crippen molar-refractivity contribution in [2.75, 3.05) is 13.2 Å². The smallest absolute Gasteiger partial charge is 0.262 e. The van der Waals surface area contributed by atoms with E-state index in [1.165, 1.54) is 19.3 Å². The molecule has 2 fully saturated rings. The van der Waals surface area contributed by atoms with Crippen molar-refractivity contribution in [2.24, 2.45) is 7.05 Å². The fourth-order valence-corrected chi connectivity index (χ4v) is 3.72. The normalized spacial score (nSPS) is 26.2. The number of nitrogens with zero attached hydrogens (tertiary/aromatic N) is 4. The van der Waals surface area contributed by atoms with E-state index in [1.54, 1.807) is 10.9 Å². The van der Waals surface area contributed by atoms with E-state index in [2.05, 4.69) is 20.0 Å². The monoisotopic (exact) mass is 303 g/mol. The summed E-state index contributed by atoms with van der Waals surface area (Å²) in [5.41, 5.74) is 0.536. The number of hydrogen-bond donors (Lipinski definition) is 1. The van der Waals surface area contributed by atoms with Crippen LogP contribution in [0.5, 0.6) is 0 Å². The van der Waals surface area contributed by atoms with Crippen molar-refractivity contribution in [1.82, 2.24) is 24.6 Å². The fraction of sp³-hybridized carbons (Fsp3) is 0.667. The van der Waals surface area contributed by atoms with Gasteiger partial charge in [0, 0.05) is 19.6 Å². The maximum absolute atomic E-state index is 12.1. The van der Waals surface area contributed by atoms with Gasteiger partial charge in [-0.2, -0.15) is 5.10 Å². The summed E-state index contributed by atoms with van der Waals surface area (Å²) in [6, 6.07) is 0.454. The highest BCUT2D eigenvalue weighted by Crippen LogP contribution is 2.29. The van der Waals surface area contributed by atoms with E-state index in [0.29, 0.717) is 35.5 Å². The Bertz CT molecular complexity index is 735. The lowest BCUT2D eigenvalue weighted by Gasteiger charge is -2.43. The maximum Gasteiger partial charge on any atom is 0.262 e. The second-order valence-corrected chi connectivity index (χ2v) is 6.25. The van der Waals surface area contributed by atoms with Crippen LogP contribution in [0.4, 0.5) is 0 Å². The first-order valence-electron chi connectivity index (χ1n) is 7.99. The molecule has 2 atom stereocenters. The molecule has 4 rings (SSSR count). The SMILES string of the molecule is Cn1ncc2c(=O)[nH]c(CN3CCOC4CCCCC43)nc21. The standard InChI is InChI=1S/C15H21N5O2/c1-19-14-10(8-16-19)15(21)18-13(17-14)9-20-6-7-22-12-5-3-2-4-11(12)20/h8,11-12H,2-7,9H2,1H3,(H,17,18,21). The molecule has 0 amide bonds. The zero-order valence-corrected chi connectivity index (χ0v) is 12.8. The Morgan fingerprint density at radius 3 is 3.18 bits per heavy atom. The van der Waals surface area contributed by atoms with Crippen molar-refractivity contribution >= 4 is 11.0 Å². The molecule has 7 heteroatoms. The number of H-pyrrole nitrogens is 1. The average Bonchev–Trinajstić information content (AvgIpc) is 2.90. The molecule has 1 saturated carbocycles. The lowest BCUT2D eigenvalue weighted by atomic mass is 9.90. The summed E-state index contributed by atoms with van der Waals surface area (Å²) < 4.78 is 7.55. The summed E-state index contributed by atoms with van der Waals surface area (Å²) in [4.78, 5) is 22.0. The predicted octanol–water partition coefficient (Wildman–Crippen LogP) is 0.800. The molecule has 2 aliphatic rings. The van der Waals surface area contributed by atoms with Gasteiger partial charge in [0.1, 0.15) is 11.2 Å². The zero-order chi connectivity index (χ0) is 15.1. The van der Waals surface area contributed by atoms with Gasteiger partial charge in [-0.1, -0.05) is 12.8 Å². The van der Waals surface area contributed by atoms with E-state index in [-0.39, 0.29) is 5.56 Å². The zero-order valence-electron chi connectivity index (χ0n) is 12.8. The van der Waals surface area contributed by atoms with Gasteiger partial charge in [0.25, 0.3) is 5.56 Å². The molecule has 1 saturated heterocycles. The number of nitrogens with one attached hydrogen (secondary N) is 1. The Morgan fingerprint density at radius 1 is 1.41 bits per heavy atom. The second kappa shape index (κ2) is 5.48. The molecular weight excluding hydrogens is 282 g/mol. The van der Waals surface area contributed by atoms with Gasteiger partial charge in [-0.25, -0.2) is 4.98 Å². The molecular formula is C15H21N5O2. The number of aryl methyl sites for hydroxylation is 1. The molecule has 118 valence electrons. The molecule has 1 aliphatic heterocycles. The highest BCUT2D eigenvalue weighted by molar-refractivity contribution is 5.72. The first kappa shape index (κ1) is 13.9.